The van der Waals surface area contributed by atoms with Crippen LogP contribution in [0.15, 0.2) is 24.3 Å². The van der Waals surface area contributed by atoms with Gasteiger partial charge in [-0.15, -0.1) is 0 Å². The predicted molar refractivity (Wildman–Crippen MR) is 74.7 cm³/mol. The van der Waals surface area contributed by atoms with Crippen LogP contribution in [-0.4, -0.2) is 27.1 Å². The number of H-pyrrole nitrogens is 1. The zero-order valence-electron chi connectivity index (χ0n) is 11.0. The number of nitrogens with zero attached hydrogens (tertiary/aromatic N) is 1. The van der Waals surface area contributed by atoms with Crippen LogP contribution in [0.25, 0.3) is 17.1 Å². The van der Waals surface area contributed by atoms with Gasteiger partial charge in [0, 0.05) is 12.1 Å². The van der Waals surface area contributed by atoms with E-state index in [1.165, 1.54) is 0 Å². The van der Waals surface area contributed by atoms with Gasteiger partial charge in [-0.05, 0) is 23.8 Å². The van der Waals surface area contributed by atoms with Crippen LogP contribution < -0.4 is 5.32 Å². The lowest BCUT2D eigenvalue weighted by Crippen LogP contribution is -2.22. The quantitative estimate of drug-likeness (QED) is 0.719. The van der Waals surface area contributed by atoms with Crippen molar-refractivity contribution < 1.29 is 9.90 Å². The Balaban J connectivity index is 2.20. The third-order valence-corrected chi connectivity index (χ3v) is 2.65. The van der Waals surface area contributed by atoms with Crippen molar-refractivity contribution in [2.45, 2.75) is 26.4 Å². The number of imidazole rings is 1. The molecule has 2 rings (SSSR count). The first-order valence-electron chi connectivity index (χ1n) is 6.17. The van der Waals surface area contributed by atoms with Gasteiger partial charge in [0.1, 0.15) is 5.82 Å². The first-order valence-corrected chi connectivity index (χ1v) is 6.17. The lowest BCUT2D eigenvalue weighted by atomic mass is 10.2. The molecule has 5 heteroatoms. The molecule has 100 valence electrons. The molecule has 1 aromatic carbocycles. The maximum Gasteiger partial charge on any atom is 0.328 e. The molecule has 0 radical (unpaired) electrons. The molecule has 1 heterocycles. The van der Waals surface area contributed by atoms with E-state index in [1.807, 2.05) is 18.2 Å². The van der Waals surface area contributed by atoms with E-state index >= 15 is 0 Å². The van der Waals surface area contributed by atoms with Crippen LogP contribution in [0.2, 0.25) is 0 Å². The lowest BCUT2D eigenvalue weighted by molar-refractivity contribution is -0.131. The molecule has 5 nitrogen and oxygen atoms in total. The molecule has 0 fully saturated rings. The minimum atomic E-state index is -0.952. The molecular formula is C14H17N3O2. The number of aliphatic carboxylic acids is 1. The van der Waals surface area contributed by atoms with Gasteiger partial charge in [0.25, 0.3) is 0 Å². The number of benzene rings is 1. The summed E-state index contributed by atoms with van der Waals surface area (Å²) < 4.78 is 0. The Morgan fingerprint density at radius 1 is 1.53 bits per heavy atom. The number of fused-ring (bicyclic) bond motifs is 1. The number of carboxylic acids is 1. The van der Waals surface area contributed by atoms with Gasteiger partial charge >= 0.3 is 5.97 Å². The molecule has 0 spiro atoms. The fourth-order valence-corrected chi connectivity index (χ4v) is 1.74. The molecule has 0 saturated heterocycles. The normalized spacial score (nSPS) is 11.7. The van der Waals surface area contributed by atoms with Gasteiger partial charge in [-0.3, -0.25) is 0 Å². The Morgan fingerprint density at radius 3 is 3.00 bits per heavy atom. The van der Waals surface area contributed by atoms with E-state index in [0.29, 0.717) is 12.6 Å². The summed E-state index contributed by atoms with van der Waals surface area (Å²) in [4.78, 5) is 18.2. The Morgan fingerprint density at radius 2 is 2.32 bits per heavy atom. The number of aromatic amines is 1. The average molecular weight is 259 g/mol. The maximum atomic E-state index is 10.5. The van der Waals surface area contributed by atoms with Gasteiger partial charge in [-0.1, -0.05) is 19.9 Å². The average Bonchev–Trinajstić information content (AvgIpc) is 2.75. The Kier molecular flexibility index (Phi) is 3.97. The van der Waals surface area contributed by atoms with Crippen molar-refractivity contribution in [2.24, 2.45) is 0 Å². The second-order valence-electron chi connectivity index (χ2n) is 4.67. The third kappa shape index (κ3) is 3.66. The summed E-state index contributed by atoms with van der Waals surface area (Å²) in [6, 6.07) is 6.03. The van der Waals surface area contributed by atoms with Gasteiger partial charge < -0.3 is 15.4 Å². The van der Waals surface area contributed by atoms with Crippen LogP contribution in [-0.2, 0) is 11.3 Å². The molecule has 3 N–H and O–H groups in total. The minimum Gasteiger partial charge on any atom is -0.478 e. The molecule has 0 aliphatic rings. The third-order valence-electron chi connectivity index (χ3n) is 2.65. The highest BCUT2D eigenvalue weighted by atomic mass is 16.4. The fraction of sp³-hybridized carbons (Fsp3) is 0.286. The number of hydrogen-bond donors (Lipinski definition) is 3. The maximum absolute atomic E-state index is 10.5. The van der Waals surface area contributed by atoms with Crippen molar-refractivity contribution in [3.05, 3.63) is 35.7 Å². The monoisotopic (exact) mass is 259 g/mol. The van der Waals surface area contributed by atoms with Crippen molar-refractivity contribution >= 4 is 23.1 Å². The molecule has 0 aliphatic carbocycles. The van der Waals surface area contributed by atoms with Crippen LogP contribution >= 0.6 is 0 Å². The van der Waals surface area contributed by atoms with E-state index < -0.39 is 5.97 Å². The van der Waals surface area contributed by atoms with E-state index in [0.717, 1.165) is 28.5 Å². The zero-order valence-corrected chi connectivity index (χ0v) is 11.0. The van der Waals surface area contributed by atoms with E-state index in [2.05, 4.69) is 29.1 Å². The molecule has 0 saturated carbocycles. The topological polar surface area (TPSA) is 78.0 Å². The van der Waals surface area contributed by atoms with Crippen LogP contribution in [0.4, 0.5) is 0 Å². The number of rotatable bonds is 5. The molecular weight excluding hydrogens is 242 g/mol. The summed E-state index contributed by atoms with van der Waals surface area (Å²) in [5.41, 5.74) is 2.63. The molecule has 0 atom stereocenters. The Hall–Kier alpha value is -2.14. The fourth-order valence-electron chi connectivity index (χ4n) is 1.74. The lowest BCUT2D eigenvalue weighted by Gasteiger charge is -2.04. The first-order chi connectivity index (χ1) is 9.04. The number of carbonyl (C=O) groups is 1. The summed E-state index contributed by atoms with van der Waals surface area (Å²) in [6.07, 6.45) is 2.69. The van der Waals surface area contributed by atoms with Crippen molar-refractivity contribution in [1.82, 2.24) is 15.3 Å². The van der Waals surface area contributed by atoms with Crippen molar-refractivity contribution in [3.8, 4) is 0 Å². The van der Waals surface area contributed by atoms with Crippen LogP contribution in [0, 0.1) is 0 Å². The van der Waals surface area contributed by atoms with Crippen LogP contribution in [0.3, 0.4) is 0 Å². The molecule has 19 heavy (non-hydrogen) atoms. The summed E-state index contributed by atoms with van der Waals surface area (Å²) in [7, 11) is 0. The van der Waals surface area contributed by atoms with Crippen LogP contribution in [0.1, 0.15) is 25.2 Å². The first kappa shape index (κ1) is 13.3. The molecule has 0 unspecified atom stereocenters. The second kappa shape index (κ2) is 5.67. The highest BCUT2D eigenvalue weighted by Gasteiger charge is 2.03. The molecule has 1 aromatic heterocycles. The standard InChI is InChI=1S/C14H17N3O2/c1-9(2)15-8-13-16-11-5-3-10(4-6-14(18)19)7-12(11)17-13/h3-7,9,15H,8H2,1-2H3,(H,16,17)(H,18,19)/b6-4+. The smallest absolute Gasteiger partial charge is 0.328 e. The highest BCUT2D eigenvalue weighted by Crippen LogP contribution is 2.15. The predicted octanol–water partition coefficient (Wildman–Crippen LogP) is 2.16. The van der Waals surface area contributed by atoms with Gasteiger partial charge in [0.2, 0.25) is 0 Å². The van der Waals surface area contributed by atoms with Crippen molar-refractivity contribution in [3.63, 3.8) is 0 Å². The molecule has 0 aliphatic heterocycles. The SMILES string of the molecule is CC(C)NCc1nc2ccc(/C=C/C(=O)O)cc2[nH]1. The number of nitrogens with one attached hydrogen (secondary N) is 2. The molecule has 2 aromatic rings. The zero-order chi connectivity index (χ0) is 13.8. The highest BCUT2D eigenvalue weighted by molar-refractivity contribution is 5.86. The number of aromatic nitrogens is 2. The number of hydrogen-bond acceptors (Lipinski definition) is 3. The summed E-state index contributed by atoms with van der Waals surface area (Å²) >= 11 is 0. The van der Waals surface area contributed by atoms with Gasteiger partial charge in [-0.2, -0.15) is 0 Å². The van der Waals surface area contributed by atoms with E-state index in [9.17, 15) is 4.79 Å². The van der Waals surface area contributed by atoms with Crippen molar-refractivity contribution in [1.29, 1.82) is 0 Å². The Labute approximate surface area is 111 Å². The van der Waals surface area contributed by atoms with Gasteiger partial charge in [-0.25, -0.2) is 9.78 Å². The van der Waals surface area contributed by atoms with Gasteiger partial charge in [0.05, 0.1) is 17.6 Å². The summed E-state index contributed by atoms with van der Waals surface area (Å²) in [5.74, 6) is -0.0744. The largest absolute Gasteiger partial charge is 0.478 e. The van der Waals surface area contributed by atoms with Crippen LogP contribution in [0.5, 0.6) is 0 Å². The van der Waals surface area contributed by atoms with E-state index in [-0.39, 0.29) is 0 Å². The van der Waals surface area contributed by atoms with E-state index in [1.54, 1.807) is 6.08 Å². The van der Waals surface area contributed by atoms with E-state index in [4.69, 9.17) is 5.11 Å². The molecule has 0 amide bonds. The summed E-state index contributed by atoms with van der Waals surface area (Å²) in [5, 5.41) is 11.9. The van der Waals surface area contributed by atoms with Gasteiger partial charge in [0.15, 0.2) is 0 Å². The second-order valence-corrected chi connectivity index (χ2v) is 4.67. The number of carboxylic acid groups (broad SMARTS) is 1. The minimum absolute atomic E-state index is 0.405. The van der Waals surface area contributed by atoms with Crippen molar-refractivity contribution in [2.75, 3.05) is 0 Å². The molecule has 0 bridgehead atoms. The summed E-state index contributed by atoms with van der Waals surface area (Å²) in [6.45, 7) is 4.85. The Bertz CT molecular complexity index is 614.